The third-order valence-corrected chi connectivity index (χ3v) is 2.80. The van der Waals surface area contributed by atoms with E-state index < -0.39 is 17.5 Å². The minimum Gasteiger partial charge on any atom is -0.496 e. The van der Waals surface area contributed by atoms with Crippen LogP contribution in [0.2, 0.25) is 0 Å². The van der Waals surface area contributed by atoms with Crippen LogP contribution in [0.25, 0.3) is 0 Å². The van der Waals surface area contributed by atoms with E-state index in [2.05, 4.69) is 0 Å². The molecule has 1 aromatic rings. The molecule has 4 heteroatoms. The number of carbonyl (C=O) groups is 2. The summed E-state index contributed by atoms with van der Waals surface area (Å²) in [7, 11) is 1.56. The first-order valence-corrected chi connectivity index (χ1v) is 6.62. The van der Waals surface area contributed by atoms with Crippen molar-refractivity contribution < 1.29 is 19.1 Å². The van der Waals surface area contributed by atoms with Crippen molar-refractivity contribution in [1.82, 2.24) is 0 Å². The van der Waals surface area contributed by atoms with Crippen molar-refractivity contribution in [3.63, 3.8) is 0 Å². The van der Waals surface area contributed by atoms with Gasteiger partial charge < -0.3 is 9.47 Å². The number of ether oxygens (including phenoxy) is 2. The largest absolute Gasteiger partial charge is 0.496 e. The van der Waals surface area contributed by atoms with Crippen molar-refractivity contribution in [2.75, 3.05) is 7.11 Å². The van der Waals surface area contributed by atoms with Gasteiger partial charge in [-0.05, 0) is 33.8 Å². The SMILES string of the molecule is COc1ccccc1CC(=O)C(C)C(=O)OC(C)(C)C. The third-order valence-electron chi connectivity index (χ3n) is 2.80. The molecule has 0 amide bonds. The molecular weight excluding hydrogens is 256 g/mol. The Hall–Kier alpha value is -1.84. The lowest BCUT2D eigenvalue weighted by molar-refractivity contribution is -0.161. The quantitative estimate of drug-likeness (QED) is 0.614. The number of esters is 1. The van der Waals surface area contributed by atoms with Gasteiger partial charge in [-0.15, -0.1) is 0 Å². The fourth-order valence-corrected chi connectivity index (χ4v) is 1.71. The molecule has 4 nitrogen and oxygen atoms in total. The summed E-state index contributed by atoms with van der Waals surface area (Å²) < 4.78 is 10.4. The minimum absolute atomic E-state index is 0.157. The Kier molecular flexibility index (Phi) is 5.31. The average molecular weight is 278 g/mol. The summed E-state index contributed by atoms with van der Waals surface area (Å²) >= 11 is 0. The molecule has 1 aromatic carbocycles. The molecule has 110 valence electrons. The van der Waals surface area contributed by atoms with Gasteiger partial charge >= 0.3 is 5.97 Å². The van der Waals surface area contributed by atoms with Gasteiger partial charge in [-0.2, -0.15) is 0 Å². The molecule has 0 fully saturated rings. The van der Waals surface area contributed by atoms with Crippen molar-refractivity contribution in [2.45, 2.75) is 39.7 Å². The lowest BCUT2D eigenvalue weighted by Gasteiger charge is -2.21. The predicted octanol–water partition coefficient (Wildman–Crippen LogP) is 2.78. The zero-order valence-electron chi connectivity index (χ0n) is 12.7. The van der Waals surface area contributed by atoms with Crippen molar-refractivity contribution in [3.05, 3.63) is 29.8 Å². The van der Waals surface area contributed by atoms with Gasteiger partial charge in [0.05, 0.1) is 7.11 Å². The fraction of sp³-hybridized carbons (Fsp3) is 0.500. The van der Waals surface area contributed by atoms with Crippen LogP contribution in [0.5, 0.6) is 5.75 Å². The molecule has 20 heavy (non-hydrogen) atoms. The molecule has 0 saturated carbocycles. The van der Waals surface area contributed by atoms with Crippen LogP contribution in [-0.2, 0) is 20.7 Å². The highest BCUT2D eigenvalue weighted by molar-refractivity contribution is 5.99. The summed E-state index contributed by atoms with van der Waals surface area (Å²) in [5.41, 5.74) is 0.186. The van der Waals surface area contributed by atoms with Crippen LogP contribution in [0.1, 0.15) is 33.3 Å². The van der Waals surface area contributed by atoms with Crippen LogP contribution in [0.3, 0.4) is 0 Å². The molecule has 0 aliphatic rings. The highest BCUT2D eigenvalue weighted by Crippen LogP contribution is 2.20. The van der Waals surface area contributed by atoms with E-state index in [0.29, 0.717) is 5.75 Å². The number of ketones is 1. The monoisotopic (exact) mass is 278 g/mol. The first-order valence-electron chi connectivity index (χ1n) is 6.62. The molecule has 0 heterocycles. The van der Waals surface area contributed by atoms with E-state index in [-0.39, 0.29) is 12.2 Å². The number of hydrogen-bond donors (Lipinski definition) is 0. The molecule has 1 atom stereocenters. The van der Waals surface area contributed by atoms with E-state index in [4.69, 9.17) is 9.47 Å². The summed E-state index contributed by atoms with van der Waals surface area (Å²) in [5, 5.41) is 0. The highest BCUT2D eigenvalue weighted by Gasteiger charge is 2.27. The summed E-state index contributed by atoms with van der Waals surface area (Å²) in [4.78, 5) is 24.0. The maximum Gasteiger partial charge on any atom is 0.316 e. The van der Waals surface area contributed by atoms with Gasteiger partial charge in [0.25, 0.3) is 0 Å². The first-order chi connectivity index (χ1) is 9.24. The molecule has 0 spiro atoms. The molecule has 0 aliphatic heterocycles. The Morgan fingerprint density at radius 2 is 1.80 bits per heavy atom. The zero-order chi connectivity index (χ0) is 15.3. The van der Waals surface area contributed by atoms with Gasteiger partial charge in [-0.25, -0.2) is 0 Å². The van der Waals surface area contributed by atoms with Gasteiger partial charge in [0.2, 0.25) is 0 Å². The summed E-state index contributed by atoms with van der Waals surface area (Å²) in [6, 6.07) is 7.28. The van der Waals surface area contributed by atoms with E-state index in [1.165, 1.54) is 0 Å². The van der Waals surface area contributed by atoms with Crippen molar-refractivity contribution >= 4 is 11.8 Å². The van der Waals surface area contributed by atoms with E-state index in [1.54, 1.807) is 40.9 Å². The summed E-state index contributed by atoms with van der Waals surface area (Å²) in [6.45, 7) is 6.92. The Morgan fingerprint density at radius 1 is 1.20 bits per heavy atom. The van der Waals surface area contributed by atoms with Crippen LogP contribution in [0, 0.1) is 5.92 Å². The van der Waals surface area contributed by atoms with Crippen LogP contribution in [-0.4, -0.2) is 24.5 Å². The van der Waals surface area contributed by atoms with Gasteiger partial charge in [-0.3, -0.25) is 9.59 Å². The molecule has 0 saturated heterocycles. The molecule has 0 bridgehead atoms. The van der Waals surface area contributed by atoms with Crippen molar-refractivity contribution in [2.24, 2.45) is 5.92 Å². The third kappa shape index (κ3) is 4.68. The lowest BCUT2D eigenvalue weighted by Crippen LogP contribution is -2.31. The second kappa shape index (κ2) is 6.55. The van der Waals surface area contributed by atoms with Crippen LogP contribution in [0.4, 0.5) is 0 Å². The van der Waals surface area contributed by atoms with Gasteiger partial charge in [-0.1, -0.05) is 18.2 Å². The molecule has 1 rings (SSSR count). The highest BCUT2D eigenvalue weighted by atomic mass is 16.6. The Morgan fingerprint density at radius 3 is 2.35 bits per heavy atom. The maximum absolute atomic E-state index is 12.2. The molecule has 0 radical (unpaired) electrons. The number of benzene rings is 1. The molecule has 0 N–H and O–H groups in total. The topological polar surface area (TPSA) is 52.6 Å². The van der Waals surface area contributed by atoms with Crippen LogP contribution < -0.4 is 4.74 Å². The van der Waals surface area contributed by atoms with Crippen LogP contribution >= 0.6 is 0 Å². The van der Waals surface area contributed by atoms with E-state index >= 15 is 0 Å². The van der Waals surface area contributed by atoms with Gasteiger partial charge in [0, 0.05) is 12.0 Å². The number of Topliss-reactive ketones (excluding diaryl/α,β-unsaturated/α-hetero) is 1. The van der Waals surface area contributed by atoms with Crippen molar-refractivity contribution in [1.29, 1.82) is 0 Å². The van der Waals surface area contributed by atoms with E-state index in [9.17, 15) is 9.59 Å². The van der Waals surface area contributed by atoms with E-state index in [1.807, 2.05) is 18.2 Å². The Balaban J connectivity index is 2.73. The second-order valence-corrected chi connectivity index (χ2v) is 5.71. The first kappa shape index (κ1) is 16.2. The average Bonchev–Trinajstić information content (AvgIpc) is 2.36. The smallest absolute Gasteiger partial charge is 0.316 e. The summed E-state index contributed by atoms with van der Waals surface area (Å²) in [5.74, 6) is -0.794. The maximum atomic E-state index is 12.2. The number of methoxy groups -OCH3 is 1. The van der Waals surface area contributed by atoms with E-state index in [0.717, 1.165) is 5.56 Å². The van der Waals surface area contributed by atoms with Gasteiger partial charge in [0.15, 0.2) is 5.78 Å². The molecule has 1 unspecified atom stereocenters. The second-order valence-electron chi connectivity index (χ2n) is 5.71. The fourth-order valence-electron chi connectivity index (χ4n) is 1.71. The number of carbonyl (C=O) groups excluding carboxylic acids is 2. The Labute approximate surface area is 120 Å². The van der Waals surface area contributed by atoms with Crippen molar-refractivity contribution in [3.8, 4) is 5.75 Å². The number of para-hydroxylation sites is 1. The standard InChI is InChI=1S/C16H22O4/c1-11(15(18)20-16(2,3)4)13(17)10-12-8-6-7-9-14(12)19-5/h6-9,11H,10H2,1-5H3. The molecule has 0 aliphatic carbocycles. The predicted molar refractivity (Wildman–Crippen MR) is 76.7 cm³/mol. The molecule has 0 aromatic heterocycles. The normalized spacial score (nSPS) is 12.7. The lowest BCUT2D eigenvalue weighted by atomic mass is 9.98. The minimum atomic E-state index is -0.779. The number of hydrogen-bond acceptors (Lipinski definition) is 4. The van der Waals surface area contributed by atoms with Crippen LogP contribution in [0.15, 0.2) is 24.3 Å². The number of rotatable bonds is 5. The summed E-state index contributed by atoms with van der Waals surface area (Å²) in [6.07, 6.45) is 0.157. The Bertz CT molecular complexity index is 485. The van der Waals surface area contributed by atoms with Gasteiger partial charge in [0.1, 0.15) is 17.3 Å². The molecular formula is C16H22O4. The zero-order valence-corrected chi connectivity index (χ0v) is 12.7.